The number of fused-ring (bicyclic) bond motifs is 2. The number of aromatic nitrogens is 5. The molecule has 0 atom stereocenters. The van der Waals surface area contributed by atoms with Gasteiger partial charge in [0.2, 0.25) is 17.7 Å². The summed E-state index contributed by atoms with van der Waals surface area (Å²) in [6.07, 6.45) is 2.94. The van der Waals surface area contributed by atoms with Crippen molar-refractivity contribution >= 4 is 33.9 Å². The molecule has 1 aliphatic carbocycles. The number of nitrogens with zero attached hydrogens (tertiary/aromatic N) is 4. The van der Waals surface area contributed by atoms with Gasteiger partial charge in [-0.15, -0.1) is 0 Å². The van der Waals surface area contributed by atoms with Crippen molar-refractivity contribution in [1.82, 2.24) is 29.8 Å². The molecule has 11 heteroatoms. The fraction of sp³-hybridized carbons (Fsp3) is 0.440. The van der Waals surface area contributed by atoms with Crippen LogP contribution < -0.4 is 15.4 Å². The minimum absolute atomic E-state index is 0.000223. The number of amides is 1. The molecule has 36 heavy (non-hydrogen) atoms. The third-order valence-electron chi connectivity index (χ3n) is 6.73. The fourth-order valence-corrected chi connectivity index (χ4v) is 5.07. The van der Waals surface area contributed by atoms with Crippen molar-refractivity contribution in [3.63, 3.8) is 0 Å². The molecule has 0 radical (unpaired) electrons. The highest BCUT2D eigenvalue weighted by molar-refractivity contribution is 5.99. The van der Waals surface area contributed by atoms with Crippen LogP contribution >= 0.6 is 0 Å². The van der Waals surface area contributed by atoms with Gasteiger partial charge in [0.25, 0.3) is 6.43 Å². The number of nitrogens with one attached hydrogen (secondary N) is 3. The first-order valence-corrected chi connectivity index (χ1v) is 12.0. The summed E-state index contributed by atoms with van der Waals surface area (Å²) >= 11 is 0. The Morgan fingerprint density at radius 2 is 1.94 bits per heavy atom. The van der Waals surface area contributed by atoms with Crippen LogP contribution in [0.5, 0.6) is 5.88 Å². The predicted molar refractivity (Wildman–Crippen MR) is 133 cm³/mol. The largest absolute Gasteiger partial charge is 0.480 e. The van der Waals surface area contributed by atoms with Gasteiger partial charge in [0.15, 0.2) is 0 Å². The molecule has 3 heterocycles. The summed E-state index contributed by atoms with van der Waals surface area (Å²) in [5, 5.41) is 7.11. The summed E-state index contributed by atoms with van der Waals surface area (Å²) in [5.74, 6) is 1.43. The normalized spacial score (nSPS) is 18.2. The highest BCUT2D eigenvalue weighted by atomic mass is 19.3. The highest BCUT2D eigenvalue weighted by Crippen LogP contribution is 2.36. The SMILES string of the molecule is COc1nc(NC2CCC(NC(C)=O)CC2)nc2[nH]cc(-c3ccc4nc(C)n(CC(F)F)c4c3)c12. The number of hydrogen-bond donors (Lipinski definition) is 3. The quantitative estimate of drug-likeness (QED) is 0.349. The standard InChI is InChI=1S/C25H29F2N7O2/c1-13-29-19-9-4-15(10-20(19)34(13)12-21(26)27)18-11-28-23-22(18)24(36-3)33-25(32-23)31-17-7-5-16(6-8-17)30-14(2)35/h4,9-11,16-17,21H,5-8,12H2,1-3H3,(H,30,35)(H2,28,31,32,33). The number of anilines is 1. The number of carbonyl (C=O) groups is 1. The molecule has 0 aliphatic heterocycles. The van der Waals surface area contributed by atoms with Crippen LogP contribution in [0, 0.1) is 6.92 Å². The molecule has 3 N–H and O–H groups in total. The van der Waals surface area contributed by atoms with Crippen LogP contribution in [0.15, 0.2) is 24.4 Å². The average molecular weight is 498 g/mol. The first-order chi connectivity index (χ1) is 17.3. The number of aromatic amines is 1. The monoisotopic (exact) mass is 497 g/mol. The van der Waals surface area contributed by atoms with Gasteiger partial charge in [-0.1, -0.05) is 6.07 Å². The molecule has 1 aromatic carbocycles. The lowest BCUT2D eigenvalue weighted by molar-refractivity contribution is -0.119. The summed E-state index contributed by atoms with van der Waals surface area (Å²) in [7, 11) is 1.56. The summed E-state index contributed by atoms with van der Waals surface area (Å²) in [6, 6.07) is 6.01. The third kappa shape index (κ3) is 4.69. The van der Waals surface area contributed by atoms with Crippen LogP contribution in [-0.4, -0.2) is 56.0 Å². The maximum Gasteiger partial charge on any atom is 0.256 e. The average Bonchev–Trinajstić information content (AvgIpc) is 3.40. The van der Waals surface area contributed by atoms with Gasteiger partial charge in [0.1, 0.15) is 11.5 Å². The first-order valence-electron chi connectivity index (χ1n) is 12.0. The number of benzene rings is 1. The Morgan fingerprint density at radius 3 is 2.64 bits per heavy atom. The number of H-pyrrole nitrogens is 1. The van der Waals surface area contributed by atoms with Crippen molar-refractivity contribution in [2.75, 3.05) is 12.4 Å². The van der Waals surface area contributed by atoms with E-state index in [1.807, 2.05) is 24.4 Å². The van der Waals surface area contributed by atoms with Crippen LogP contribution in [0.1, 0.15) is 38.4 Å². The molecule has 3 aromatic heterocycles. The number of alkyl halides is 2. The lowest BCUT2D eigenvalue weighted by atomic mass is 9.91. The van der Waals surface area contributed by atoms with Crippen LogP contribution in [0.3, 0.4) is 0 Å². The van der Waals surface area contributed by atoms with Crippen LogP contribution in [0.2, 0.25) is 0 Å². The summed E-state index contributed by atoms with van der Waals surface area (Å²) in [6.45, 7) is 2.86. The topological polar surface area (TPSA) is 110 Å². The van der Waals surface area contributed by atoms with Gasteiger partial charge in [-0.25, -0.2) is 13.8 Å². The van der Waals surface area contributed by atoms with Gasteiger partial charge < -0.3 is 24.9 Å². The Balaban J connectivity index is 1.43. The fourth-order valence-electron chi connectivity index (χ4n) is 5.07. The van der Waals surface area contributed by atoms with Gasteiger partial charge in [-0.3, -0.25) is 4.79 Å². The zero-order chi connectivity index (χ0) is 25.4. The van der Waals surface area contributed by atoms with E-state index in [-0.39, 0.29) is 18.0 Å². The number of rotatable bonds is 7. The van der Waals surface area contributed by atoms with E-state index < -0.39 is 13.0 Å². The second kappa shape index (κ2) is 9.71. The van der Waals surface area contributed by atoms with Crippen LogP contribution in [-0.2, 0) is 11.3 Å². The molecular formula is C25H29F2N7O2. The number of imidazole rings is 1. The smallest absolute Gasteiger partial charge is 0.256 e. The van der Waals surface area contributed by atoms with Crippen molar-refractivity contribution in [3.8, 4) is 17.0 Å². The van der Waals surface area contributed by atoms with E-state index in [1.54, 1.807) is 21.0 Å². The number of methoxy groups -OCH3 is 1. The number of aryl methyl sites for hydroxylation is 1. The van der Waals surface area contributed by atoms with Gasteiger partial charge in [0, 0.05) is 30.8 Å². The van der Waals surface area contributed by atoms with E-state index in [0.29, 0.717) is 39.7 Å². The Hall–Kier alpha value is -3.76. The lowest BCUT2D eigenvalue weighted by Gasteiger charge is -2.29. The molecule has 0 unspecified atom stereocenters. The minimum Gasteiger partial charge on any atom is -0.480 e. The molecule has 1 amide bonds. The molecule has 1 saturated carbocycles. The van der Waals surface area contributed by atoms with Gasteiger partial charge in [-0.05, 0) is 50.3 Å². The van der Waals surface area contributed by atoms with Crippen molar-refractivity contribution in [2.45, 2.75) is 64.6 Å². The molecule has 190 valence electrons. The Kier molecular flexibility index (Phi) is 6.46. The van der Waals surface area contributed by atoms with E-state index >= 15 is 0 Å². The highest BCUT2D eigenvalue weighted by Gasteiger charge is 2.24. The molecule has 4 aromatic rings. The Morgan fingerprint density at radius 1 is 1.19 bits per heavy atom. The minimum atomic E-state index is -2.47. The molecule has 0 bridgehead atoms. The summed E-state index contributed by atoms with van der Waals surface area (Å²) in [4.78, 5) is 28.2. The van der Waals surface area contributed by atoms with Gasteiger partial charge >= 0.3 is 0 Å². The van der Waals surface area contributed by atoms with Crippen LogP contribution in [0.25, 0.3) is 33.2 Å². The Labute approximate surface area is 206 Å². The van der Waals surface area contributed by atoms with E-state index in [4.69, 9.17) is 4.74 Å². The van der Waals surface area contributed by atoms with Crippen LogP contribution in [0.4, 0.5) is 14.7 Å². The van der Waals surface area contributed by atoms with Crippen molar-refractivity contribution in [1.29, 1.82) is 0 Å². The van der Waals surface area contributed by atoms with Crippen molar-refractivity contribution in [2.24, 2.45) is 0 Å². The first kappa shape index (κ1) is 24.0. The number of carbonyl (C=O) groups excluding carboxylic acids is 1. The van der Waals surface area contributed by atoms with Crippen molar-refractivity contribution in [3.05, 3.63) is 30.2 Å². The van der Waals surface area contributed by atoms with E-state index in [0.717, 1.165) is 36.8 Å². The second-order valence-electron chi connectivity index (χ2n) is 9.24. The maximum atomic E-state index is 13.2. The predicted octanol–water partition coefficient (Wildman–Crippen LogP) is 4.42. The van der Waals surface area contributed by atoms with Gasteiger partial charge in [0.05, 0.1) is 30.1 Å². The molecular weight excluding hydrogens is 468 g/mol. The zero-order valence-corrected chi connectivity index (χ0v) is 20.4. The van der Waals surface area contributed by atoms with E-state index in [9.17, 15) is 13.6 Å². The summed E-state index contributed by atoms with van der Waals surface area (Å²) < 4.78 is 33.5. The van der Waals surface area contributed by atoms with Crippen molar-refractivity contribution < 1.29 is 18.3 Å². The molecule has 0 spiro atoms. The number of ether oxygens (including phenoxy) is 1. The number of hydrogen-bond acceptors (Lipinski definition) is 6. The molecule has 1 aliphatic rings. The zero-order valence-electron chi connectivity index (χ0n) is 20.4. The van der Waals surface area contributed by atoms with Gasteiger partial charge in [-0.2, -0.15) is 9.97 Å². The maximum absolute atomic E-state index is 13.2. The summed E-state index contributed by atoms with van der Waals surface area (Å²) in [5.41, 5.74) is 3.56. The van der Waals surface area contributed by atoms with E-state index in [1.165, 1.54) is 4.57 Å². The number of halogens is 2. The lowest BCUT2D eigenvalue weighted by Crippen LogP contribution is -2.39. The second-order valence-corrected chi connectivity index (χ2v) is 9.24. The Bertz CT molecular complexity index is 1410. The molecule has 5 rings (SSSR count). The molecule has 0 saturated heterocycles. The third-order valence-corrected chi connectivity index (χ3v) is 6.73. The van der Waals surface area contributed by atoms with E-state index in [2.05, 4.69) is 30.6 Å². The molecule has 1 fully saturated rings. The molecule has 9 nitrogen and oxygen atoms in total.